The lowest BCUT2D eigenvalue weighted by Crippen LogP contribution is -2.39. The maximum Gasteiger partial charge on any atom is 0.238 e. The number of halogens is 1. The van der Waals surface area contributed by atoms with Crippen LogP contribution >= 0.6 is 15.9 Å². The summed E-state index contributed by atoms with van der Waals surface area (Å²) in [7, 11) is 2.90. The fourth-order valence-corrected chi connectivity index (χ4v) is 7.16. The first-order valence-electron chi connectivity index (χ1n) is 13.1. The number of ketones is 2. The number of benzene rings is 2. The smallest absolute Gasteiger partial charge is 0.238 e. The Morgan fingerprint density at radius 1 is 1.02 bits per heavy atom. The monoisotopic (exact) mass is 615 g/mol. The zero-order valence-corrected chi connectivity index (χ0v) is 23.9. The Balaban J connectivity index is 1.51. The molecule has 9 heteroatoms. The fraction of sp³-hybridized carbons (Fsp3) is 0.250. The minimum Gasteiger partial charge on any atom is -0.507 e. The standard InChI is InChI=1S/C32H26BrNO7/c1-4-15-5-7-16(8-6-15)34-31(38)19-10-9-18-20(26(19)32(34)39)13-21-27(24(36)14-22(33)30(21)37)28(18)29-23(35)11-17(40-2)12-25(29)41-3/h4-9,11-12,14,19-20,26,28,35H,1,10,13H2,2-3H3. The summed E-state index contributed by atoms with van der Waals surface area (Å²) >= 11 is 3.23. The Hall–Kier alpha value is -4.24. The van der Waals surface area contributed by atoms with Crippen molar-refractivity contribution in [3.8, 4) is 17.2 Å². The Kier molecular flexibility index (Phi) is 6.57. The maximum atomic E-state index is 14.0. The van der Waals surface area contributed by atoms with Gasteiger partial charge < -0.3 is 14.6 Å². The van der Waals surface area contributed by atoms with E-state index in [1.165, 1.54) is 31.3 Å². The summed E-state index contributed by atoms with van der Waals surface area (Å²) in [5, 5.41) is 11.2. The largest absolute Gasteiger partial charge is 0.507 e. The third kappa shape index (κ3) is 4.01. The molecule has 3 aliphatic carbocycles. The number of phenolic OH excluding ortho intramolecular Hbond substituents is 1. The van der Waals surface area contributed by atoms with Gasteiger partial charge in [0.05, 0.1) is 36.2 Å². The van der Waals surface area contributed by atoms with Crippen molar-refractivity contribution < 1.29 is 33.8 Å². The number of allylic oxidation sites excluding steroid dienone is 6. The topological polar surface area (TPSA) is 110 Å². The summed E-state index contributed by atoms with van der Waals surface area (Å²) in [5.41, 5.74) is 2.85. The molecular formula is C32H26BrNO7. The predicted molar refractivity (Wildman–Crippen MR) is 155 cm³/mol. The van der Waals surface area contributed by atoms with Crippen molar-refractivity contribution in [1.29, 1.82) is 0 Å². The molecule has 1 saturated heterocycles. The number of phenols is 1. The summed E-state index contributed by atoms with van der Waals surface area (Å²) in [6.45, 7) is 3.75. The number of Topliss-reactive ketones (excluding diaryl/α,β-unsaturated/α-hetero) is 1. The van der Waals surface area contributed by atoms with Gasteiger partial charge in [0.1, 0.15) is 17.2 Å². The molecule has 1 heterocycles. The highest BCUT2D eigenvalue weighted by atomic mass is 79.9. The van der Waals surface area contributed by atoms with Crippen molar-refractivity contribution >= 4 is 51.1 Å². The molecule has 2 aromatic carbocycles. The lowest BCUT2D eigenvalue weighted by Gasteiger charge is -2.42. The Bertz CT molecular complexity index is 1650. The van der Waals surface area contributed by atoms with Crippen molar-refractivity contribution in [2.24, 2.45) is 17.8 Å². The first kappa shape index (κ1) is 27.0. The van der Waals surface area contributed by atoms with Gasteiger partial charge in [-0.15, -0.1) is 0 Å². The molecule has 2 amide bonds. The van der Waals surface area contributed by atoms with Crippen LogP contribution in [0, 0.1) is 17.8 Å². The lowest BCUT2D eigenvalue weighted by molar-refractivity contribution is -0.123. The molecule has 6 rings (SSSR count). The zero-order chi connectivity index (χ0) is 29.2. The number of hydrogen-bond acceptors (Lipinski definition) is 7. The Morgan fingerprint density at radius 2 is 1.76 bits per heavy atom. The molecule has 0 spiro atoms. The highest BCUT2D eigenvalue weighted by molar-refractivity contribution is 9.12. The van der Waals surface area contributed by atoms with Gasteiger partial charge in [0.2, 0.25) is 11.8 Å². The summed E-state index contributed by atoms with van der Waals surface area (Å²) in [6, 6.07) is 10.0. The lowest BCUT2D eigenvalue weighted by atomic mass is 9.59. The average molecular weight is 616 g/mol. The van der Waals surface area contributed by atoms with Crippen LogP contribution in [0.25, 0.3) is 6.08 Å². The van der Waals surface area contributed by atoms with Crippen molar-refractivity contribution in [3.63, 3.8) is 0 Å². The number of amides is 2. The van der Waals surface area contributed by atoms with Gasteiger partial charge in [-0.3, -0.25) is 24.1 Å². The minimum absolute atomic E-state index is 0.119. The summed E-state index contributed by atoms with van der Waals surface area (Å²) in [5.74, 6) is -3.67. The molecule has 4 unspecified atom stereocenters. The highest BCUT2D eigenvalue weighted by Gasteiger charge is 2.57. The second-order valence-electron chi connectivity index (χ2n) is 10.5. The molecule has 2 aromatic rings. The first-order valence-corrected chi connectivity index (χ1v) is 13.9. The van der Waals surface area contributed by atoms with Gasteiger partial charge in [-0.25, -0.2) is 0 Å². The van der Waals surface area contributed by atoms with Gasteiger partial charge in [0.15, 0.2) is 11.6 Å². The first-order chi connectivity index (χ1) is 19.7. The van der Waals surface area contributed by atoms with Crippen molar-refractivity contribution in [2.45, 2.75) is 18.8 Å². The van der Waals surface area contributed by atoms with Crippen LogP contribution < -0.4 is 14.4 Å². The number of nitrogens with zero attached hydrogens (tertiary/aromatic N) is 1. The second kappa shape index (κ2) is 9.99. The van der Waals surface area contributed by atoms with E-state index in [0.717, 1.165) is 5.56 Å². The number of fused-ring (bicyclic) bond motifs is 3. The van der Waals surface area contributed by atoms with Crippen LogP contribution in [0.2, 0.25) is 0 Å². The van der Waals surface area contributed by atoms with Crippen molar-refractivity contribution in [1.82, 2.24) is 0 Å². The number of imide groups is 1. The van der Waals surface area contributed by atoms with E-state index in [0.29, 0.717) is 22.6 Å². The molecule has 1 fully saturated rings. The van der Waals surface area contributed by atoms with Crippen LogP contribution in [0.3, 0.4) is 0 Å². The average Bonchev–Trinajstić information content (AvgIpc) is 3.24. The Morgan fingerprint density at radius 3 is 2.41 bits per heavy atom. The van der Waals surface area contributed by atoms with Crippen molar-refractivity contribution in [3.05, 3.63) is 87.5 Å². The van der Waals surface area contributed by atoms with Gasteiger partial charge in [-0.1, -0.05) is 36.4 Å². The number of carbonyl (C=O) groups excluding carboxylic acids is 4. The zero-order valence-electron chi connectivity index (χ0n) is 22.3. The molecule has 0 saturated carbocycles. The molecule has 1 aliphatic heterocycles. The van der Waals surface area contributed by atoms with Crippen molar-refractivity contribution in [2.75, 3.05) is 19.1 Å². The molecule has 208 valence electrons. The Labute approximate surface area is 244 Å². The van der Waals surface area contributed by atoms with Crippen LogP contribution in [-0.4, -0.2) is 42.7 Å². The molecule has 8 nitrogen and oxygen atoms in total. The van der Waals surface area contributed by atoms with Gasteiger partial charge in [0, 0.05) is 40.8 Å². The van der Waals surface area contributed by atoms with E-state index in [-0.39, 0.29) is 63.4 Å². The number of rotatable bonds is 5. The molecular weight excluding hydrogens is 590 g/mol. The normalized spacial score (nSPS) is 25.3. The summed E-state index contributed by atoms with van der Waals surface area (Å²) in [6.07, 6.45) is 5.21. The third-order valence-corrected chi connectivity index (χ3v) is 9.15. The summed E-state index contributed by atoms with van der Waals surface area (Å²) in [4.78, 5) is 55.8. The second-order valence-corrected chi connectivity index (χ2v) is 11.3. The molecule has 41 heavy (non-hydrogen) atoms. The molecule has 4 aliphatic rings. The van der Waals surface area contributed by atoms with E-state index in [9.17, 15) is 24.3 Å². The molecule has 1 N–H and O–H groups in total. The van der Waals surface area contributed by atoms with E-state index in [1.807, 2.05) is 6.08 Å². The number of methoxy groups -OCH3 is 2. The maximum absolute atomic E-state index is 14.0. The van der Waals surface area contributed by atoms with Crippen LogP contribution in [-0.2, 0) is 19.2 Å². The number of ether oxygens (including phenoxy) is 2. The fourth-order valence-electron chi connectivity index (χ4n) is 6.72. The van der Waals surface area contributed by atoms with Crippen LogP contribution in [0.5, 0.6) is 17.2 Å². The van der Waals surface area contributed by atoms with E-state index >= 15 is 0 Å². The predicted octanol–water partition coefficient (Wildman–Crippen LogP) is 5.02. The highest BCUT2D eigenvalue weighted by Crippen LogP contribution is 2.58. The number of anilines is 1. The number of hydrogen-bond donors (Lipinski definition) is 1. The quantitative estimate of drug-likeness (QED) is 0.286. The molecule has 4 atom stereocenters. The minimum atomic E-state index is -0.859. The number of carbonyl (C=O) groups is 4. The van der Waals surface area contributed by atoms with Gasteiger partial charge in [0.25, 0.3) is 0 Å². The summed E-state index contributed by atoms with van der Waals surface area (Å²) < 4.78 is 11.1. The number of aromatic hydroxyl groups is 1. The van der Waals surface area contributed by atoms with Crippen LogP contribution in [0.4, 0.5) is 5.69 Å². The third-order valence-electron chi connectivity index (χ3n) is 8.56. The van der Waals surface area contributed by atoms with E-state index in [1.54, 1.807) is 36.4 Å². The molecule has 0 radical (unpaired) electrons. The van der Waals surface area contributed by atoms with E-state index < -0.39 is 23.7 Å². The van der Waals surface area contributed by atoms with E-state index in [4.69, 9.17) is 9.47 Å². The van der Waals surface area contributed by atoms with E-state index in [2.05, 4.69) is 22.5 Å². The van der Waals surface area contributed by atoms with Crippen LogP contribution in [0.1, 0.15) is 29.9 Å². The SMILES string of the molecule is C=Cc1ccc(N2C(=O)C3CC=C4C(c5c(O)cc(OC)cc5OC)C5=C(CC4C3C2=O)C(=O)C(Br)=CC5=O)cc1. The molecule has 0 bridgehead atoms. The molecule has 0 aromatic heterocycles. The van der Waals surface area contributed by atoms with Gasteiger partial charge in [-0.05, 0) is 52.4 Å². The van der Waals surface area contributed by atoms with Gasteiger partial charge in [-0.2, -0.15) is 0 Å². The van der Waals surface area contributed by atoms with Gasteiger partial charge >= 0.3 is 0 Å². The van der Waals surface area contributed by atoms with Crippen LogP contribution in [0.15, 0.2) is 76.3 Å².